The van der Waals surface area contributed by atoms with Crippen molar-refractivity contribution in [3.05, 3.63) is 109 Å². The van der Waals surface area contributed by atoms with E-state index in [9.17, 15) is 29.7 Å². The highest BCUT2D eigenvalue weighted by molar-refractivity contribution is 7.12. The number of pyridine rings is 1. The van der Waals surface area contributed by atoms with Crippen LogP contribution in [-0.4, -0.2) is 76.5 Å². The fourth-order valence-electron chi connectivity index (χ4n) is 6.79. The Morgan fingerprint density at radius 3 is 2.33 bits per heavy atom. The van der Waals surface area contributed by atoms with Crippen LogP contribution in [0.3, 0.4) is 0 Å². The number of ether oxygens (including phenoxy) is 2. The third-order valence-electron chi connectivity index (χ3n) is 9.77. The molecular formula is C39H46F2N4O8S2. The Bertz CT molecular complexity index is 2040. The van der Waals surface area contributed by atoms with Crippen molar-refractivity contribution in [1.29, 1.82) is 0 Å². The minimum absolute atomic E-state index is 0. The molecule has 5 aromatic rings. The largest absolute Gasteiger partial charge is 0.506 e. The van der Waals surface area contributed by atoms with Crippen LogP contribution in [0.1, 0.15) is 59.1 Å². The highest BCUT2D eigenvalue weighted by Gasteiger charge is 2.45. The van der Waals surface area contributed by atoms with E-state index in [2.05, 4.69) is 20.5 Å². The first-order chi connectivity index (χ1) is 25.6. The molecule has 0 aliphatic heterocycles. The highest BCUT2D eigenvalue weighted by Crippen LogP contribution is 2.38. The summed E-state index contributed by atoms with van der Waals surface area (Å²) in [6.07, 6.45) is 2.07. The third-order valence-corrected chi connectivity index (χ3v) is 11.7. The number of fused-ring (bicyclic) bond motifs is 1. The van der Waals surface area contributed by atoms with Crippen molar-refractivity contribution in [3.8, 4) is 11.5 Å². The van der Waals surface area contributed by atoms with E-state index < -0.39 is 17.7 Å². The molecular weight excluding hydrogens is 755 g/mol. The third kappa shape index (κ3) is 9.94. The molecule has 0 spiro atoms. The van der Waals surface area contributed by atoms with Crippen LogP contribution >= 0.6 is 22.7 Å². The minimum atomic E-state index is -1.81. The molecule has 1 atom stereocenters. The Balaban J connectivity index is 0.00000336. The van der Waals surface area contributed by atoms with Gasteiger partial charge in [0, 0.05) is 60.9 Å². The van der Waals surface area contributed by atoms with E-state index in [1.165, 1.54) is 34.8 Å². The van der Waals surface area contributed by atoms with Crippen molar-refractivity contribution in [2.45, 2.75) is 62.5 Å². The first-order valence-electron chi connectivity index (χ1n) is 17.5. The second-order valence-corrected chi connectivity index (χ2v) is 15.1. The molecule has 16 heteroatoms. The molecule has 3 heterocycles. The molecule has 296 valence electrons. The van der Waals surface area contributed by atoms with Crippen molar-refractivity contribution in [2.24, 2.45) is 0 Å². The summed E-state index contributed by atoms with van der Waals surface area (Å²) in [4.78, 5) is 43.9. The van der Waals surface area contributed by atoms with Gasteiger partial charge in [-0.3, -0.25) is 19.0 Å². The molecule has 1 amide bonds. The number of aromatic nitrogens is 1. The number of phenols is 1. The SMILES string of the molecule is COc1cc(NC(=O)CCN(C)C2CCC(OC(=O)C(O)(c3cccs3)c3cccs3)CC2)ccc1CNC[C@H](O)c1ccc(O)c2[nH]c(=O)ccc12.F.F. The van der Waals surface area contributed by atoms with Crippen molar-refractivity contribution in [3.63, 3.8) is 0 Å². The predicted molar refractivity (Wildman–Crippen MR) is 211 cm³/mol. The Morgan fingerprint density at radius 2 is 1.69 bits per heavy atom. The number of halogens is 2. The maximum atomic E-state index is 13.4. The number of rotatable bonds is 15. The Hall–Kier alpha value is -4.71. The van der Waals surface area contributed by atoms with E-state index in [1.807, 2.05) is 42.1 Å². The predicted octanol–water partition coefficient (Wildman–Crippen LogP) is 5.54. The first-order valence-corrected chi connectivity index (χ1v) is 19.2. The number of hydrogen-bond donors (Lipinski definition) is 6. The van der Waals surface area contributed by atoms with Crippen LogP contribution in [0.25, 0.3) is 10.9 Å². The molecule has 0 unspecified atom stereocenters. The fourth-order valence-corrected chi connectivity index (χ4v) is 8.50. The van der Waals surface area contributed by atoms with Gasteiger partial charge in [0.1, 0.15) is 17.6 Å². The zero-order chi connectivity index (χ0) is 37.5. The van der Waals surface area contributed by atoms with Gasteiger partial charge in [-0.2, -0.15) is 0 Å². The summed E-state index contributed by atoms with van der Waals surface area (Å²) in [6.45, 7) is 1.15. The lowest BCUT2D eigenvalue weighted by Crippen LogP contribution is -2.42. The maximum absolute atomic E-state index is 13.4. The summed E-state index contributed by atoms with van der Waals surface area (Å²) in [6, 6.07) is 18.8. The van der Waals surface area contributed by atoms with Crippen LogP contribution in [0.2, 0.25) is 0 Å². The summed E-state index contributed by atoms with van der Waals surface area (Å²) in [5.74, 6) is -0.257. The molecule has 2 aromatic carbocycles. The number of thiophene rings is 2. The van der Waals surface area contributed by atoms with E-state index in [1.54, 1.807) is 37.4 Å². The van der Waals surface area contributed by atoms with Crippen molar-refractivity contribution >= 4 is 51.1 Å². The zero-order valence-electron chi connectivity index (χ0n) is 30.4. The molecule has 55 heavy (non-hydrogen) atoms. The van der Waals surface area contributed by atoms with Gasteiger partial charge in [-0.05, 0) is 79.4 Å². The maximum Gasteiger partial charge on any atom is 0.349 e. The molecule has 1 saturated carbocycles. The van der Waals surface area contributed by atoms with E-state index in [0.29, 0.717) is 64.5 Å². The number of nitrogens with one attached hydrogen (secondary N) is 3. The number of aliphatic hydroxyl groups excluding tert-OH is 1. The van der Waals surface area contributed by atoms with Gasteiger partial charge in [0.15, 0.2) is 0 Å². The molecule has 12 nitrogen and oxygen atoms in total. The molecule has 3 aromatic heterocycles. The Labute approximate surface area is 324 Å². The molecule has 1 fully saturated rings. The van der Waals surface area contributed by atoms with Gasteiger partial charge in [0.25, 0.3) is 0 Å². The number of esters is 1. The van der Waals surface area contributed by atoms with Gasteiger partial charge in [0.2, 0.25) is 17.1 Å². The average molecular weight is 801 g/mol. The lowest BCUT2D eigenvalue weighted by atomic mass is 9.91. The van der Waals surface area contributed by atoms with Crippen LogP contribution in [0.15, 0.2) is 82.3 Å². The number of H-pyrrole nitrogens is 1. The number of aliphatic hydroxyl groups is 2. The molecule has 6 rings (SSSR count). The normalized spacial score (nSPS) is 16.2. The molecule has 1 aliphatic carbocycles. The van der Waals surface area contributed by atoms with Crippen molar-refractivity contribution in [1.82, 2.24) is 15.2 Å². The van der Waals surface area contributed by atoms with E-state index in [-0.39, 0.29) is 50.8 Å². The van der Waals surface area contributed by atoms with Crippen LogP contribution in [-0.2, 0) is 26.5 Å². The van der Waals surface area contributed by atoms with Gasteiger partial charge in [-0.25, -0.2) is 4.79 Å². The Morgan fingerprint density at radius 1 is 1.00 bits per heavy atom. The van der Waals surface area contributed by atoms with Gasteiger partial charge in [-0.15, -0.1) is 22.7 Å². The summed E-state index contributed by atoms with van der Waals surface area (Å²) in [7, 11) is 3.56. The summed E-state index contributed by atoms with van der Waals surface area (Å²) >= 11 is 2.65. The van der Waals surface area contributed by atoms with Crippen molar-refractivity contribution in [2.75, 3.05) is 32.6 Å². The lowest BCUT2D eigenvalue weighted by molar-refractivity contribution is -0.169. The van der Waals surface area contributed by atoms with Gasteiger partial charge >= 0.3 is 5.97 Å². The van der Waals surface area contributed by atoms with Crippen LogP contribution < -0.4 is 20.9 Å². The van der Waals surface area contributed by atoms with Gasteiger partial charge in [0.05, 0.1) is 28.5 Å². The zero-order valence-corrected chi connectivity index (χ0v) is 32.0. The number of nitrogens with zero attached hydrogens (tertiary/aromatic N) is 1. The minimum Gasteiger partial charge on any atom is -0.506 e. The number of carbonyl (C=O) groups is 2. The fraction of sp³-hybridized carbons (Fsp3) is 0.359. The summed E-state index contributed by atoms with van der Waals surface area (Å²) < 4.78 is 11.5. The molecule has 1 aliphatic rings. The molecule has 0 radical (unpaired) electrons. The second kappa shape index (κ2) is 19.2. The second-order valence-electron chi connectivity index (χ2n) is 13.2. The first kappa shape index (κ1) is 43.0. The lowest BCUT2D eigenvalue weighted by Gasteiger charge is -2.35. The topological polar surface area (TPSA) is 173 Å². The number of methoxy groups -OCH3 is 1. The molecule has 0 saturated heterocycles. The number of phenolic OH excluding ortho intramolecular Hbond substituents is 1. The van der Waals surface area contributed by atoms with E-state index >= 15 is 0 Å². The number of benzene rings is 2. The van der Waals surface area contributed by atoms with Crippen LogP contribution in [0.5, 0.6) is 11.5 Å². The van der Waals surface area contributed by atoms with Crippen molar-refractivity contribution < 1.29 is 43.8 Å². The number of aromatic amines is 1. The van der Waals surface area contributed by atoms with Gasteiger partial charge < -0.3 is 45.3 Å². The Kier molecular flexibility index (Phi) is 15.1. The average Bonchev–Trinajstić information content (AvgIpc) is 3.91. The van der Waals surface area contributed by atoms with Gasteiger partial charge in [-0.1, -0.05) is 24.3 Å². The highest BCUT2D eigenvalue weighted by atomic mass is 32.1. The van der Waals surface area contributed by atoms with E-state index in [0.717, 1.165) is 18.4 Å². The molecule has 6 N–H and O–H groups in total. The summed E-state index contributed by atoms with van der Waals surface area (Å²) in [5, 5.41) is 43.0. The number of aromatic hydroxyl groups is 1. The van der Waals surface area contributed by atoms with E-state index in [4.69, 9.17) is 9.47 Å². The van der Waals surface area contributed by atoms with Crippen LogP contribution in [0.4, 0.5) is 15.1 Å². The quantitative estimate of drug-likeness (QED) is 0.0738. The monoisotopic (exact) mass is 800 g/mol. The number of anilines is 1. The standard InChI is InChI=1S/C39H44N4O8S2.2FH/c1-43(26-9-11-27(12-10-26)51-38(48)39(49,33-5-3-19-52-33)34-6-4-20-53-34)18-17-36(47)41-25-8-7-24(32(21-25)50-2)22-40-23-31(45)28-13-15-30(44)37-29(28)14-16-35(46)42-37;;/h3-8,13-16,19-21,26-27,31,40,44-45,49H,9-12,17-18,22-23H2,1-2H3,(H,41,47)(H,42,46);2*1H/t26?,27?,31-;;/m0../s1. The van der Waals surface area contributed by atoms with Crippen LogP contribution in [0, 0.1) is 0 Å². The number of hydrogen-bond acceptors (Lipinski definition) is 12. The number of carbonyl (C=O) groups excluding carboxylic acids is 2. The summed E-state index contributed by atoms with van der Waals surface area (Å²) in [5.41, 5.74) is 0.128. The smallest absolute Gasteiger partial charge is 0.349 e. The molecule has 0 bridgehead atoms. The number of amides is 1.